The fraction of sp³-hybridized carbons (Fsp3) is 0.0909. The van der Waals surface area contributed by atoms with E-state index in [1.807, 2.05) is 48.9 Å². The molecular weight excluding hydrogens is 468 g/mol. The van der Waals surface area contributed by atoms with Crippen LogP contribution in [0, 0.1) is 6.92 Å². The topological polar surface area (TPSA) is 65.8 Å². The third-order valence-corrected chi connectivity index (χ3v) is 7.40. The maximum Gasteiger partial charge on any atom is 0.260 e. The second kappa shape index (κ2) is 9.52. The molecule has 0 bridgehead atoms. The molecule has 2 N–H and O–H groups in total. The number of imidazole rings is 1. The quantitative estimate of drug-likeness (QED) is 0.228. The van der Waals surface area contributed by atoms with Gasteiger partial charge in [-0.05, 0) is 41.1 Å². The average Bonchev–Trinajstić information content (AvgIpc) is 3.32. The molecule has 2 aromatic heterocycles. The average molecular weight is 497 g/mol. The SMILES string of the molecule is Cc1c(Cn2ccc3cccc(N)c3c2=O)ncn1C(c1ccccc1)(c1ccccc1)c1ccccc1. The van der Waals surface area contributed by atoms with Crippen LogP contribution in [0.5, 0.6) is 0 Å². The molecule has 6 rings (SSSR count). The van der Waals surface area contributed by atoms with Gasteiger partial charge in [0.25, 0.3) is 5.56 Å². The number of hydrogen-bond donors (Lipinski definition) is 1. The Kier molecular flexibility index (Phi) is 5.89. The van der Waals surface area contributed by atoms with Gasteiger partial charge in [-0.1, -0.05) is 103 Å². The van der Waals surface area contributed by atoms with Gasteiger partial charge in [0.15, 0.2) is 0 Å². The largest absolute Gasteiger partial charge is 0.398 e. The fourth-order valence-electron chi connectivity index (χ4n) is 5.54. The molecule has 0 spiro atoms. The summed E-state index contributed by atoms with van der Waals surface area (Å²) in [5.74, 6) is 0. The molecule has 38 heavy (non-hydrogen) atoms. The lowest BCUT2D eigenvalue weighted by Gasteiger charge is -2.38. The highest BCUT2D eigenvalue weighted by Gasteiger charge is 2.39. The standard InChI is InChI=1S/C33H28N4O/c1-24-30(22-36-21-20-25-12-11-19-29(34)31(25)32(36)38)35-23-37(24)33(26-13-5-2-6-14-26,27-15-7-3-8-16-27)28-17-9-4-10-18-28/h2-21,23H,22,34H2,1H3. The first-order valence-electron chi connectivity index (χ1n) is 12.7. The minimum Gasteiger partial charge on any atom is -0.398 e. The number of fused-ring (bicyclic) bond motifs is 1. The third kappa shape index (κ3) is 3.71. The molecule has 4 aromatic carbocycles. The summed E-state index contributed by atoms with van der Waals surface area (Å²) < 4.78 is 3.93. The molecule has 5 heteroatoms. The molecule has 0 aliphatic heterocycles. The molecule has 2 heterocycles. The molecule has 0 unspecified atom stereocenters. The highest BCUT2D eigenvalue weighted by molar-refractivity contribution is 5.91. The van der Waals surface area contributed by atoms with Crippen LogP contribution < -0.4 is 11.3 Å². The zero-order valence-corrected chi connectivity index (χ0v) is 21.2. The number of rotatable bonds is 6. The highest BCUT2D eigenvalue weighted by Crippen LogP contribution is 2.41. The van der Waals surface area contributed by atoms with E-state index in [9.17, 15) is 4.79 Å². The van der Waals surface area contributed by atoms with Crippen LogP contribution in [0.1, 0.15) is 28.1 Å². The van der Waals surface area contributed by atoms with Gasteiger partial charge in [-0.25, -0.2) is 4.98 Å². The molecule has 5 nitrogen and oxygen atoms in total. The molecule has 0 aliphatic carbocycles. The minimum atomic E-state index is -0.655. The Balaban J connectivity index is 1.57. The maximum atomic E-state index is 13.4. The first-order chi connectivity index (χ1) is 18.6. The van der Waals surface area contributed by atoms with Crippen LogP contribution in [0.15, 0.2) is 133 Å². The van der Waals surface area contributed by atoms with E-state index in [2.05, 4.69) is 84.3 Å². The molecule has 0 amide bonds. The predicted octanol–water partition coefficient (Wildman–Crippen LogP) is 5.98. The zero-order valence-electron chi connectivity index (χ0n) is 21.2. The van der Waals surface area contributed by atoms with Crippen molar-refractivity contribution in [2.45, 2.75) is 19.0 Å². The van der Waals surface area contributed by atoms with E-state index in [4.69, 9.17) is 10.7 Å². The van der Waals surface area contributed by atoms with Crippen molar-refractivity contribution in [1.29, 1.82) is 0 Å². The monoisotopic (exact) mass is 496 g/mol. The molecule has 0 saturated carbocycles. The van der Waals surface area contributed by atoms with Crippen molar-refractivity contribution in [3.05, 3.63) is 166 Å². The third-order valence-electron chi connectivity index (χ3n) is 7.40. The van der Waals surface area contributed by atoms with Gasteiger partial charge >= 0.3 is 0 Å². The Hall–Kier alpha value is -4.90. The number of aromatic nitrogens is 3. The van der Waals surface area contributed by atoms with Crippen molar-refractivity contribution in [1.82, 2.24) is 14.1 Å². The number of benzene rings is 4. The van der Waals surface area contributed by atoms with E-state index in [-0.39, 0.29) is 5.56 Å². The Labute approximate surface area is 221 Å². The Bertz CT molecular complexity index is 1670. The van der Waals surface area contributed by atoms with Crippen molar-refractivity contribution < 1.29 is 0 Å². The molecule has 0 atom stereocenters. The molecular formula is C33H28N4O. The van der Waals surface area contributed by atoms with Gasteiger partial charge in [0.05, 0.1) is 24.0 Å². The summed E-state index contributed by atoms with van der Waals surface area (Å²) in [6, 6.07) is 39.0. The van der Waals surface area contributed by atoms with Crippen LogP contribution in [-0.2, 0) is 12.1 Å². The summed E-state index contributed by atoms with van der Waals surface area (Å²) >= 11 is 0. The normalized spacial score (nSPS) is 11.6. The van der Waals surface area contributed by atoms with Crippen LogP contribution in [0.25, 0.3) is 10.8 Å². The lowest BCUT2D eigenvalue weighted by atomic mass is 9.76. The van der Waals surface area contributed by atoms with Gasteiger partial charge < -0.3 is 14.9 Å². The van der Waals surface area contributed by atoms with Gasteiger partial charge in [-0.3, -0.25) is 4.79 Å². The van der Waals surface area contributed by atoms with E-state index in [1.54, 1.807) is 10.6 Å². The summed E-state index contributed by atoms with van der Waals surface area (Å²) in [5.41, 5.74) is 11.1. The van der Waals surface area contributed by atoms with Gasteiger partial charge in [0, 0.05) is 17.6 Å². The van der Waals surface area contributed by atoms with E-state index < -0.39 is 5.54 Å². The second-order valence-corrected chi connectivity index (χ2v) is 9.52. The molecule has 0 aliphatic rings. The van der Waals surface area contributed by atoms with E-state index in [0.717, 1.165) is 33.5 Å². The van der Waals surface area contributed by atoms with E-state index in [0.29, 0.717) is 17.6 Å². The molecule has 0 radical (unpaired) electrons. The van der Waals surface area contributed by atoms with Crippen LogP contribution in [0.4, 0.5) is 5.69 Å². The Morgan fingerprint density at radius 2 is 1.29 bits per heavy atom. The highest BCUT2D eigenvalue weighted by atomic mass is 16.1. The van der Waals surface area contributed by atoms with Crippen molar-refractivity contribution in [2.24, 2.45) is 0 Å². The molecule has 0 saturated heterocycles. The van der Waals surface area contributed by atoms with Crippen molar-refractivity contribution in [3.8, 4) is 0 Å². The number of nitrogen functional groups attached to an aromatic ring is 1. The summed E-state index contributed by atoms with van der Waals surface area (Å²) in [5, 5.41) is 1.38. The summed E-state index contributed by atoms with van der Waals surface area (Å²) in [7, 11) is 0. The van der Waals surface area contributed by atoms with Crippen molar-refractivity contribution >= 4 is 16.5 Å². The van der Waals surface area contributed by atoms with E-state index >= 15 is 0 Å². The van der Waals surface area contributed by atoms with Crippen molar-refractivity contribution in [2.75, 3.05) is 5.73 Å². The lowest BCUT2D eigenvalue weighted by Crippen LogP contribution is -2.38. The number of hydrogen-bond acceptors (Lipinski definition) is 3. The van der Waals surface area contributed by atoms with Crippen LogP contribution in [-0.4, -0.2) is 14.1 Å². The zero-order chi connectivity index (χ0) is 26.1. The minimum absolute atomic E-state index is 0.116. The predicted molar refractivity (Wildman–Crippen MR) is 153 cm³/mol. The molecule has 6 aromatic rings. The number of anilines is 1. The number of nitrogens with two attached hydrogens (primary N) is 1. The van der Waals surface area contributed by atoms with E-state index in [1.165, 1.54) is 0 Å². The van der Waals surface area contributed by atoms with Crippen LogP contribution in [0.3, 0.4) is 0 Å². The van der Waals surface area contributed by atoms with Gasteiger partial charge in [0.1, 0.15) is 5.54 Å². The smallest absolute Gasteiger partial charge is 0.260 e. The van der Waals surface area contributed by atoms with Gasteiger partial charge in [-0.2, -0.15) is 0 Å². The van der Waals surface area contributed by atoms with Gasteiger partial charge in [0.2, 0.25) is 0 Å². The first-order valence-corrected chi connectivity index (χ1v) is 12.7. The van der Waals surface area contributed by atoms with Crippen LogP contribution >= 0.6 is 0 Å². The van der Waals surface area contributed by atoms with Crippen molar-refractivity contribution in [3.63, 3.8) is 0 Å². The summed E-state index contributed by atoms with van der Waals surface area (Å²) in [6.45, 7) is 2.42. The van der Waals surface area contributed by atoms with Crippen LogP contribution in [0.2, 0.25) is 0 Å². The Morgan fingerprint density at radius 1 is 0.737 bits per heavy atom. The lowest BCUT2D eigenvalue weighted by molar-refractivity contribution is 0.502. The fourth-order valence-corrected chi connectivity index (χ4v) is 5.54. The molecule has 0 fully saturated rings. The molecule has 186 valence electrons. The number of nitrogens with zero attached hydrogens (tertiary/aromatic N) is 3. The first kappa shape index (κ1) is 23.5. The number of pyridine rings is 1. The second-order valence-electron chi connectivity index (χ2n) is 9.52. The van der Waals surface area contributed by atoms with Gasteiger partial charge in [-0.15, -0.1) is 0 Å². The Morgan fingerprint density at radius 3 is 1.84 bits per heavy atom. The summed E-state index contributed by atoms with van der Waals surface area (Å²) in [6.07, 6.45) is 3.72. The maximum absolute atomic E-state index is 13.4. The summed E-state index contributed by atoms with van der Waals surface area (Å²) in [4.78, 5) is 18.3.